The standard InChI is InChI=1S/C27H38ClN3O5S/c1-6-25(27(33)29-18-20(2)3)30(19-21-12-14-24(36-4)15-13-21)26(32)11-8-16-31(37(5,34)35)23-10-7-9-22(28)17-23/h7,9-10,12-15,17,20,25H,6,8,11,16,18-19H2,1-5H3,(H,29,33). The summed E-state index contributed by atoms with van der Waals surface area (Å²) in [6, 6.07) is 13.3. The summed E-state index contributed by atoms with van der Waals surface area (Å²) in [4.78, 5) is 28.1. The highest BCUT2D eigenvalue weighted by atomic mass is 35.5. The smallest absolute Gasteiger partial charge is 0.242 e. The van der Waals surface area contributed by atoms with Gasteiger partial charge in [0, 0.05) is 31.1 Å². The van der Waals surface area contributed by atoms with Crippen molar-refractivity contribution < 1.29 is 22.7 Å². The van der Waals surface area contributed by atoms with Crippen molar-refractivity contribution in [3.63, 3.8) is 0 Å². The molecule has 8 nitrogen and oxygen atoms in total. The summed E-state index contributed by atoms with van der Waals surface area (Å²) in [5, 5.41) is 3.36. The molecule has 2 aromatic carbocycles. The molecule has 2 aromatic rings. The Morgan fingerprint density at radius 2 is 1.78 bits per heavy atom. The first kappa shape index (κ1) is 30.4. The molecule has 2 amide bonds. The maximum Gasteiger partial charge on any atom is 0.242 e. The number of nitrogens with one attached hydrogen (secondary N) is 1. The first-order chi connectivity index (χ1) is 17.5. The zero-order valence-electron chi connectivity index (χ0n) is 22.2. The third-order valence-corrected chi connectivity index (χ3v) is 7.26. The van der Waals surface area contributed by atoms with Gasteiger partial charge in [-0.1, -0.05) is 50.6 Å². The lowest BCUT2D eigenvalue weighted by molar-refractivity contribution is -0.141. The van der Waals surface area contributed by atoms with Gasteiger partial charge in [0.05, 0.1) is 19.1 Å². The number of rotatable bonds is 14. The molecule has 0 saturated heterocycles. The lowest BCUT2D eigenvalue weighted by Crippen LogP contribution is -2.49. The highest BCUT2D eigenvalue weighted by Gasteiger charge is 2.29. The van der Waals surface area contributed by atoms with Crippen LogP contribution in [0.2, 0.25) is 5.02 Å². The van der Waals surface area contributed by atoms with Crippen LogP contribution in [0, 0.1) is 5.92 Å². The first-order valence-electron chi connectivity index (χ1n) is 12.4. The van der Waals surface area contributed by atoms with Crippen LogP contribution < -0.4 is 14.4 Å². The maximum atomic E-state index is 13.5. The Labute approximate surface area is 226 Å². The average Bonchev–Trinajstić information content (AvgIpc) is 2.84. The van der Waals surface area contributed by atoms with E-state index in [1.165, 1.54) is 4.31 Å². The normalized spacial score (nSPS) is 12.2. The number of benzene rings is 2. The summed E-state index contributed by atoms with van der Waals surface area (Å²) in [7, 11) is -2.00. The van der Waals surface area contributed by atoms with Gasteiger partial charge in [-0.3, -0.25) is 13.9 Å². The van der Waals surface area contributed by atoms with Crippen molar-refractivity contribution in [2.24, 2.45) is 5.92 Å². The first-order valence-corrected chi connectivity index (χ1v) is 14.6. The number of halogens is 1. The molecule has 0 aliphatic carbocycles. The molecule has 37 heavy (non-hydrogen) atoms. The third-order valence-electron chi connectivity index (χ3n) is 5.83. The quantitative estimate of drug-likeness (QED) is 0.373. The molecular weight excluding hydrogens is 514 g/mol. The molecule has 0 bridgehead atoms. The van der Waals surface area contributed by atoms with Crippen molar-refractivity contribution in [2.45, 2.75) is 52.6 Å². The van der Waals surface area contributed by atoms with Crippen LogP contribution in [0.3, 0.4) is 0 Å². The highest BCUT2D eigenvalue weighted by molar-refractivity contribution is 7.92. The van der Waals surface area contributed by atoms with Crippen molar-refractivity contribution in [2.75, 3.05) is 30.8 Å². The lowest BCUT2D eigenvalue weighted by Gasteiger charge is -2.31. The van der Waals surface area contributed by atoms with Crippen molar-refractivity contribution >= 4 is 39.1 Å². The zero-order chi connectivity index (χ0) is 27.6. The molecule has 0 spiro atoms. The summed E-state index contributed by atoms with van der Waals surface area (Å²) in [6.07, 6.45) is 1.93. The summed E-state index contributed by atoms with van der Waals surface area (Å²) in [5.74, 6) is 0.558. The Bertz CT molecular complexity index is 1140. The Hall–Kier alpha value is -2.78. The van der Waals surface area contributed by atoms with E-state index in [0.29, 0.717) is 29.4 Å². The second-order valence-corrected chi connectivity index (χ2v) is 11.7. The van der Waals surface area contributed by atoms with E-state index in [2.05, 4.69) is 5.32 Å². The Morgan fingerprint density at radius 1 is 1.11 bits per heavy atom. The van der Waals surface area contributed by atoms with Gasteiger partial charge in [0.1, 0.15) is 11.8 Å². The number of anilines is 1. The molecular formula is C27H38ClN3O5S. The molecule has 1 unspecified atom stereocenters. The molecule has 0 aliphatic rings. The molecule has 0 fully saturated rings. The molecule has 0 aromatic heterocycles. The second-order valence-electron chi connectivity index (χ2n) is 9.35. The molecule has 0 heterocycles. The minimum Gasteiger partial charge on any atom is -0.497 e. The molecule has 204 valence electrons. The molecule has 10 heteroatoms. The van der Waals surface area contributed by atoms with E-state index < -0.39 is 16.1 Å². The van der Waals surface area contributed by atoms with E-state index in [-0.39, 0.29) is 43.7 Å². The van der Waals surface area contributed by atoms with E-state index in [1.807, 2.05) is 45.0 Å². The fraction of sp³-hybridized carbons (Fsp3) is 0.481. The van der Waals surface area contributed by atoms with Crippen LogP contribution in [0.4, 0.5) is 5.69 Å². The predicted octanol–water partition coefficient (Wildman–Crippen LogP) is 4.47. The minimum absolute atomic E-state index is 0.0801. The van der Waals surface area contributed by atoms with Gasteiger partial charge >= 0.3 is 0 Å². The summed E-state index contributed by atoms with van der Waals surface area (Å²) in [5.41, 5.74) is 1.30. The molecule has 1 N–H and O–H groups in total. The zero-order valence-corrected chi connectivity index (χ0v) is 23.8. The molecule has 0 saturated carbocycles. The van der Waals surface area contributed by atoms with Crippen LogP contribution in [0.25, 0.3) is 0 Å². The number of hydrogen-bond acceptors (Lipinski definition) is 5. The lowest BCUT2D eigenvalue weighted by atomic mass is 10.1. The number of carbonyl (C=O) groups is 2. The predicted molar refractivity (Wildman–Crippen MR) is 148 cm³/mol. The van der Waals surface area contributed by atoms with Gasteiger partial charge in [0.25, 0.3) is 0 Å². The summed E-state index contributed by atoms with van der Waals surface area (Å²) >= 11 is 6.06. The van der Waals surface area contributed by atoms with Crippen LogP contribution in [-0.2, 0) is 26.2 Å². The van der Waals surface area contributed by atoms with E-state index >= 15 is 0 Å². The Morgan fingerprint density at radius 3 is 2.32 bits per heavy atom. The van der Waals surface area contributed by atoms with Crippen LogP contribution in [-0.4, -0.2) is 57.6 Å². The largest absolute Gasteiger partial charge is 0.497 e. The van der Waals surface area contributed by atoms with E-state index in [9.17, 15) is 18.0 Å². The molecule has 2 rings (SSSR count). The van der Waals surface area contributed by atoms with Gasteiger partial charge in [-0.15, -0.1) is 0 Å². The average molecular weight is 552 g/mol. The number of ether oxygens (including phenoxy) is 1. The summed E-state index contributed by atoms with van der Waals surface area (Å²) < 4.78 is 31.3. The maximum absolute atomic E-state index is 13.5. The minimum atomic E-state index is -3.58. The Kier molecular flexibility index (Phi) is 11.7. The molecule has 0 aliphatic heterocycles. The summed E-state index contributed by atoms with van der Waals surface area (Å²) in [6.45, 7) is 6.77. The monoisotopic (exact) mass is 551 g/mol. The topological polar surface area (TPSA) is 96.0 Å². The van der Waals surface area contributed by atoms with Crippen LogP contribution in [0.5, 0.6) is 5.75 Å². The SMILES string of the molecule is CCC(C(=O)NCC(C)C)N(Cc1ccc(OC)cc1)C(=O)CCCN(c1cccc(Cl)c1)S(C)(=O)=O. The van der Waals surface area contributed by atoms with Crippen molar-refractivity contribution in [3.05, 3.63) is 59.1 Å². The van der Waals surface area contributed by atoms with Gasteiger partial charge in [-0.05, 0) is 54.7 Å². The van der Waals surface area contributed by atoms with Gasteiger partial charge in [-0.25, -0.2) is 8.42 Å². The van der Waals surface area contributed by atoms with Gasteiger partial charge in [0.15, 0.2) is 0 Å². The van der Waals surface area contributed by atoms with E-state index in [4.69, 9.17) is 16.3 Å². The highest BCUT2D eigenvalue weighted by Crippen LogP contribution is 2.23. The fourth-order valence-corrected chi connectivity index (χ4v) is 5.05. The number of methoxy groups -OCH3 is 1. The third kappa shape index (κ3) is 9.55. The van der Waals surface area contributed by atoms with Crippen molar-refractivity contribution in [1.29, 1.82) is 0 Å². The van der Waals surface area contributed by atoms with Crippen LogP contribution >= 0.6 is 11.6 Å². The number of carbonyl (C=O) groups excluding carboxylic acids is 2. The van der Waals surface area contributed by atoms with Gasteiger partial charge < -0.3 is 15.0 Å². The van der Waals surface area contributed by atoms with Gasteiger partial charge in [-0.2, -0.15) is 0 Å². The van der Waals surface area contributed by atoms with Crippen LogP contribution in [0.15, 0.2) is 48.5 Å². The number of sulfonamides is 1. The van der Waals surface area contributed by atoms with Crippen molar-refractivity contribution in [3.8, 4) is 5.75 Å². The van der Waals surface area contributed by atoms with E-state index in [0.717, 1.165) is 11.8 Å². The Balaban J connectivity index is 2.21. The van der Waals surface area contributed by atoms with E-state index in [1.54, 1.807) is 36.3 Å². The number of nitrogens with zero attached hydrogens (tertiary/aromatic N) is 2. The number of amides is 2. The molecule has 0 radical (unpaired) electrons. The van der Waals surface area contributed by atoms with Gasteiger partial charge in [0.2, 0.25) is 21.8 Å². The van der Waals surface area contributed by atoms with Crippen molar-refractivity contribution in [1.82, 2.24) is 10.2 Å². The van der Waals surface area contributed by atoms with Crippen LogP contribution in [0.1, 0.15) is 45.6 Å². The second kappa shape index (κ2) is 14.2. The molecule has 1 atom stereocenters. The fourth-order valence-electron chi connectivity index (χ4n) is 3.90. The number of hydrogen-bond donors (Lipinski definition) is 1.